The molecule has 0 aromatic carbocycles. The van der Waals surface area contributed by atoms with E-state index < -0.39 is 6.93 Å². The van der Waals surface area contributed by atoms with Gasteiger partial charge >= 0.3 is 0 Å². The van der Waals surface area contributed by atoms with Crippen LogP contribution >= 0.6 is 0 Å². The summed E-state index contributed by atoms with van der Waals surface area (Å²) in [5, 5.41) is 0. The molecular weight excluding hydrogens is 112 g/mol. The van der Waals surface area contributed by atoms with Crippen molar-refractivity contribution in [2.75, 3.05) is 0 Å². The predicted octanol–water partition coefficient (Wildman–Crippen LogP) is -1.52. The van der Waals surface area contributed by atoms with Crippen LogP contribution in [-0.2, 0) is 0 Å². The highest BCUT2D eigenvalue weighted by Crippen LogP contribution is 1.20. The van der Waals surface area contributed by atoms with E-state index >= 15 is 0 Å². The minimum absolute atomic E-state index is 0.463. The second-order valence-electron chi connectivity index (χ2n) is 0.375. The van der Waals surface area contributed by atoms with Crippen LogP contribution in [0.5, 0.6) is 0 Å². The molecule has 0 heterocycles. The summed E-state index contributed by atoms with van der Waals surface area (Å²) in [5.74, 6) is 0. The van der Waals surface area contributed by atoms with E-state index in [0.717, 1.165) is 0 Å². The molecule has 4 heavy (non-hydrogen) atoms. The maximum Gasteiger partial charge on any atom is 0.0266 e. The molecule has 8 radical (unpaired) electrons. The molecule has 4 heteroatoms. The molecule has 0 bridgehead atoms. The molecule has 0 rings (SSSR count). The van der Waals surface area contributed by atoms with Crippen LogP contribution in [0.2, 0.25) is 0 Å². The molecule has 0 unspecified atom stereocenters. The maximum absolute atomic E-state index is 3.24. The van der Waals surface area contributed by atoms with Gasteiger partial charge in [-0.05, 0) is 16.3 Å². The lowest BCUT2D eigenvalue weighted by Crippen LogP contribution is -1.96. The third-order valence-corrected chi connectivity index (χ3v) is 0. The summed E-state index contributed by atoms with van der Waals surface area (Å²) in [5.41, 5.74) is 0. The Morgan fingerprint density at radius 1 is 1.25 bits per heavy atom. The van der Waals surface area contributed by atoms with Crippen molar-refractivity contribution in [2.24, 2.45) is 0 Å². The van der Waals surface area contributed by atoms with E-state index in [1.807, 2.05) is 0 Å². The summed E-state index contributed by atoms with van der Waals surface area (Å²) < 4.78 is 0. The summed E-state index contributed by atoms with van der Waals surface area (Å²) in [6, 6.07) is 0. The van der Waals surface area contributed by atoms with Crippen molar-refractivity contribution in [3.05, 3.63) is 0 Å². The van der Waals surface area contributed by atoms with Gasteiger partial charge in [0.2, 0.25) is 0 Å². The zero-order valence-corrected chi connectivity index (χ0v) is 6.00. The van der Waals surface area contributed by atoms with Gasteiger partial charge in [0.15, 0.2) is 0 Å². The maximum atomic E-state index is 3.24. The lowest BCUT2D eigenvalue weighted by Gasteiger charge is -1.59. The van der Waals surface area contributed by atoms with Gasteiger partial charge in [-0.15, -0.1) is 0 Å². The van der Waals surface area contributed by atoms with Crippen LogP contribution in [0, 0.1) is 0 Å². The fourth-order valence-electron chi connectivity index (χ4n) is 0. The van der Waals surface area contributed by atoms with Gasteiger partial charge in [0.1, 0.15) is 0 Å². The molecule has 0 aliphatic heterocycles. The lowest BCUT2D eigenvalue weighted by molar-refractivity contribution is 4.17. The molecule has 0 nitrogen and oxygen atoms in total. The van der Waals surface area contributed by atoms with Crippen LogP contribution in [0.4, 0.5) is 0 Å². The first-order valence-corrected chi connectivity index (χ1v) is 6.75. The van der Waals surface area contributed by atoms with Gasteiger partial charge in [-0.3, -0.25) is 0 Å². The van der Waals surface area contributed by atoms with Crippen molar-refractivity contribution in [2.45, 2.75) is 0 Å². The monoisotopic (exact) mass is 112 g/mol. The first-order chi connectivity index (χ1) is 1.73. The van der Waals surface area contributed by atoms with Gasteiger partial charge in [-0.2, -0.15) is 0 Å². The largest absolute Gasteiger partial charge is 0.0443 e. The van der Waals surface area contributed by atoms with E-state index in [2.05, 4.69) is 28.9 Å². The normalized spacial score (nSPS) is 6.50. The lowest BCUT2D eigenvalue weighted by atomic mass is 26.5. The molecule has 0 aliphatic carbocycles. The van der Waals surface area contributed by atoms with Gasteiger partial charge < -0.3 is 0 Å². The minimum Gasteiger partial charge on any atom is -0.0443 e. The average Bonchev–Trinajstić information content (AvgIpc) is 0.811. The quantitative estimate of drug-likeness (QED) is 0.334. The Labute approximate surface area is 36.4 Å². The van der Waals surface area contributed by atoms with Crippen molar-refractivity contribution >= 4 is 35.8 Å². The molecule has 0 saturated carbocycles. The highest BCUT2D eigenvalue weighted by atomic mass is 29.7. The predicted molar refractivity (Wildman–Crippen MR) is 23.0 cm³/mol. The Bertz CT molecular complexity index is 23.0. The topological polar surface area (TPSA) is 0 Å². The van der Waals surface area contributed by atoms with Crippen LogP contribution in [-0.4, -0.2) is 35.8 Å². The average molecular weight is 112 g/mol. The van der Waals surface area contributed by atoms with E-state index in [9.17, 15) is 0 Å². The molecule has 0 aromatic heterocycles. The van der Waals surface area contributed by atoms with Crippen molar-refractivity contribution in [3.63, 3.8) is 0 Å². The zero-order valence-electron chi connectivity index (χ0n) is 2.00. The van der Waals surface area contributed by atoms with Gasteiger partial charge in [0.25, 0.3) is 0 Å². The van der Waals surface area contributed by atoms with Crippen molar-refractivity contribution in [3.8, 4) is 0 Å². The second-order valence-corrected chi connectivity index (χ2v) is 10.1. The Kier molecular flexibility index (Phi) is 2.59. The summed E-state index contributed by atoms with van der Waals surface area (Å²) >= 11 is 0. The Balaban J connectivity index is 2.80. The van der Waals surface area contributed by atoms with E-state index in [-0.39, 0.29) is 0 Å². The Morgan fingerprint density at radius 2 is 1.25 bits per heavy atom. The molecule has 16 valence electrons. The summed E-state index contributed by atoms with van der Waals surface area (Å²) in [6.45, 7) is -0.463. The Morgan fingerprint density at radius 3 is 1.25 bits per heavy atom. The first kappa shape index (κ1) is 4.87. The van der Waals surface area contributed by atoms with Crippen LogP contribution < -0.4 is 0 Å². The molecule has 0 saturated heterocycles. The van der Waals surface area contributed by atoms with E-state index in [0.29, 0.717) is 0 Å². The van der Waals surface area contributed by atoms with Crippen LogP contribution in [0.3, 0.4) is 0 Å². The van der Waals surface area contributed by atoms with Crippen LogP contribution in [0.15, 0.2) is 0 Å². The van der Waals surface area contributed by atoms with Gasteiger partial charge in [-0.25, -0.2) is 0 Å². The molecule has 0 fully saturated rings. The van der Waals surface area contributed by atoms with Crippen molar-refractivity contribution < 1.29 is 0 Å². The second kappa shape index (κ2) is 2.13. The molecule has 0 N–H and O–H groups in total. The summed E-state index contributed by atoms with van der Waals surface area (Å²) in [4.78, 5) is 0. The molecule has 0 atom stereocenters. The first-order valence-electron chi connectivity index (χ1n) is 0.750. The molecule has 0 spiro atoms. The standard InChI is InChI=1S/Si4/c1-4(2)3. The molecule has 0 aliphatic rings. The number of hydrogen-bond acceptors (Lipinski definition) is 0. The molecular formula is Si4. The number of hydrogen-bond donors (Lipinski definition) is 0. The molecule has 0 amide bonds. The van der Waals surface area contributed by atoms with Gasteiger partial charge in [-0.1, -0.05) is 0 Å². The SMILES string of the molecule is [Si][Si]([Si])=[Si]. The third kappa shape index (κ3) is 13.3. The fraction of sp³-hybridized carbons (Fsp3) is 0. The highest BCUT2D eigenvalue weighted by Gasteiger charge is 1.57. The van der Waals surface area contributed by atoms with Gasteiger partial charge in [0, 0.05) is 19.5 Å². The van der Waals surface area contributed by atoms with Crippen molar-refractivity contribution in [1.29, 1.82) is 0 Å². The Hall–Kier alpha value is 0.868. The van der Waals surface area contributed by atoms with E-state index in [1.54, 1.807) is 0 Å². The van der Waals surface area contributed by atoms with Crippen LogP contribution in [0.25, 0.3) is 0 Å². The zero-order chi connectivity index (χ0) is 3.58. The fourth-order valence-corrected chi connectivity index (χ4v) is 0. The van der Waals surface area contributed by atoms with Crippen LogP contribution in [0.1, 0.15) is 0 Å². The van der Waals surface area contributed by atoms with Crippen molar-refractivity contribution in [1.82, 2.24) is 0 Å². The van der Waals surface area contributed by atoms with E-state index in [4.69, 9.17) is 0 Å². The number of rotatable bonds is 0. The third-order valence-electron chi connectivity index (χ3n) is 0. The summed E-state index contributed by atoms with van der Waals surface area (Å²) in [7, 11) is 9.72. The van der Waals surface area contributed by atoms with Gasteiger partial charge in [0.05, 0.1) is 0 Å². The minimum atomic E-state index is -0.463. The highest BCUT2D eigenvalue weighted by molar-refractivity contribution is 7.34. The van der Waals surface area contributed by atoms with E-state index in [1.165, 1.54) is 0 Å². The smallest absolute Gasteiger partial charge is 0.0266 e. The summed E-state index contributed by atoms with van der Waals surface area (Å²) in [6.07, 6.45) is 0. The molecule has 0 aromatic rings.